The molecule has 2 rings (SSSR count). The van der Waals surface area contributed by atoms with Crippen LogP contribution in [0.15, 0.2) is 27.5 Å². The summed E-state index contributed by atoms with van der Waals surface area (Å²) in [4.78, 5) is -0.0170. The maximum atomic E-state index is 12.9. The molecule has 1 unspecified atom stereocenters. The minimum atomic E-state index is -3.77. The van der Waals surface area contributed by atoms with Gasteiger partial charge in [-0.15, -0.1) is 4.40 Å². The zero-order valence-electron chi connectivity index (χ0n) is 9.55. The van der Waals surface area contributed by atoms with E-state index in [0.717, 1.165) is 0 Å². The monoisotopic (exact) mass is 273 g/mol. The zero-order valence-corrected chi connectivity index (χ0v) is 10.4. The Morgan fingerprint density at radius 1 is 1.56 bits per heavy atom. The van der Waals surface area contributed by atoms with Crippen LogP contribution < -0.4 is 15.8 Å². The number of benzene rings is 1. The van der Waals surface area contributed by atoms with Gasteiger partial charge in [0.2, 0.25) is 6.36 Å². The molecule has 0 aliphatic carbocycles. The molecule has 0 saturated heterocycles. The van der Waals surface area contributed by atoms with Gasteiger partial charge in [0.05, 0.1) is 12.2 Å². The molecule has 0 spiro atoms. The van der Waals surface area contributed by atoms with E-state index < -0.39 is 16.4 Å². The molecule has 1 aliphatic heterocycles. The van der Waals surface area contributed by atoms with Crippen LogP contribution in [0, 0.1) is 0 Å². The van der Waals surface area contributed by atoms with Crippen LogP contribution in [0.5, 0.6) is 5.75 Å². The molecule has 1 aliphatic rings. The molecule has 8 heteroatoms. The van der Waals surface area contributed by atoms with Crippen molar-refractivity contribution in [1.82, 2.24) is 5.32 Å². The van der Waals surface area contributed by atoms with E-state index in [2.05, 4.69) is 9.71 Å². The maximum Gasteiger partial charge on any atom is 0.285 e. The van der Waals surface area contributed by atoms with E-state index in [1.807, 2.05) is 0 Å². The van der Waals surface area contributed by atoms with Crippen LogP contribution in [-0.4, -0.2) is 27.3 Å². The van der Waals surface area contributed by atoms with Crippen molar-refractivity contribution in [2.45, 2.75) is 18.2 Å². The number of halogens is 1. The summed E-state index contributed by atoms with van der Waals surface area (Å²) in [5.41, 5.74) is 5.52. The molecule has 1 aromatic carbocycles. The van der Waals surface area contributed by atoms with Crippen molar-refractivity contribution < 1.29 is 17.5 Å². The van der Waals surface area contributed by atoms with Crippen molar-refractivity contribution in [2.75, 3.05) is 6.67 Å². The Bertz CT molecular complexity index is 598. The number of hydrogen-bond donors (Lipinski definition) is 2. The van der Waals surface area contributed by atoms with E-state index in [-0.39, 0.29) is 28.7 Å². The molecule has 0 aromatic heterocycles. The van der Waals surface area contributed by atoms with Gasteiger partial charge in [0, 0.05) is 6.92 Å². The molecule has 1 atom stereocenters. The van der Waals surface area contributed by atoms with Crippen LogP contribution in [0.1, 0.15) is 12.5 Å². The molecular formula is C10H12FN3O3S. The molecule has 1 heterocycles. The SMILES string of the molecule is CC(F)Oc1cccc2c1C(NCN)=NS2(=O)=O. The smallest absolute Gasteiger partial charge is 0.285 e. The molecule has 18 heavy (non-hydrogen) atoms. The van der Waals surface area contributed by atoms with Gasteiger partial charge in [-0.05, 0) is 12.1 Å². The lowest BCUT2D eigenvalue weighted by Crippen LogP contribution is -2.29. The number of nitrogens with two attached hydrogens (primary N) is 1. The number of nitrogens with zero attached hydrogens (tertiary/aromatic N) is 1. The number of fused-ring (bicyclic) bond motifs is 1. The van der Waals surface area contributed by atoms with Crippen molar-refractivity contribution in [2.24, 2.45) is 10.1 Å². The topological polar surface area (TPSA) is 93.8 Å². The highest BCUT2D eigenvalue weighted by Crippen LogP contribution is 2.33. The summed E-state index contributed by atoms with van der Waals surface area (Å²) in [6, 6.07) is 4.33. The van der Waals surface area contributed by atoms with Gasteiger partial charge in [-0.3, -0.25) is 0 Å². The quantitative estimate of drug-likeness (QED) is 0.774. The highest BCUT2D eigenvalue weighted by atomic mass is 32.2. The van der Waals surface area contributed by atoms with Crippen molar-refractivity contribution in [1.29, 1.82) is 0 Å². The van der Waals surface area contributed by atoms with Crippen molar-refractivity contribution in [3.63, 3.8) is 0 Å². The number of ether oxygens (including phenoxy) is 1. The predicted molar refractivity (Wildman–Crippen MR) is 63.6 cm³/mol. The Kier molecular flexibility index (Phi) is 3.22. The molecule has 6 nitrogen and oxygen atoms in total. The van der Waals surface area contributed by atoms with E-state index in [1.54, 1.807) is 0 Å². The first-order chi connectivity index (χ1) is 8.45. The third-order valence-electron chi connectivity index (χ3n) is 2.27. The van der Waals surface area contributed by atoms with E-state index in [1.165, 1.54) is 25.1 Å². The van der Waals surface area contributed by atoms with Crippen LogP contribution in [0.4, 0.5) is 4.39 Å². The first-order valence-electron chi connectivity index (χ1n) is 5.18. The number of rotatable bonds is 3. The van der Waals surface area contributed by atoms with Crippen molar-refractivity contribution in [3.05, 3.63) is 23.8 Å². The van der Waals surface area contributed by atoms with Crippen LogP contribution in [-0.2, 0) is 10.0 Å². The van der Waals surface area contributed by atoms with Gasteiger partial charge < -0.3 is 15.8 Å². The molecule has 0 bridgehead atoms. The molecular weight excluding hydrogens is 261 g/mol. The Morgan fingerprint density at radius 3 is 2.89 bits per heavy atom. The lowest BCUT2D eigenvalue weighted by atomic mass is 10.2. The number of alkyl halides is 1. The van der Waals surface area contributed by atoms with Gasteiger partial charge in [0.25, 0.3) is 10.0 Å². The van der Waals surface area contributed by atoms with E-state index in [0.29, 0.717) is 0 Å². The van der Waals surface area contributed by atoms with Crippen molar-refractivity contribution in [3.8, 4) is 5.75 Å². The van der Waals surface area contributed by atoms with E-state index in [4.69, 9.17) is 10.5 Å². The summed E-state index contributed by atoms with van der Waals surface area (Å²) in [5, 5.41) is 2.62. The number of nitrogens with one attached hydrogen (secondary N) is 1. The number of sulfonamides is 1. The Balaban J connectivity index is 2.58. The van der Waals surface area contributed by atoms with Crippen LogP contribution in [0.3, 0.4) is 0 Å². The molecule has 1 aromatic rings. The lowest BCUT2D eigenvalue weighted by molar-refractivity contribution is 0.0855. The molecule has 0 saturated carbocycles. The largest absolute Gasteiger partial charge is 0.460 e. The van der Waals surface area contributed by atoms with Gasteiger partial charge in [0.15, 0.2) is 5.84 Å². The normalized spacial score (nSPS) is 17.8. The van der Waals surface area contributed by atoms with Crippen molar-refractivity contribution >= 4 is 15.9 Å². The zero-order chi connectivity index (χ0) is 13.3. The summed E-state index contributed by atoms with van der Waals surface area (Å²) in [6.45, 7) is 1.21. The van der Waals surface area contributed by atoms with Gasteiger partial charge in [0.1, 0.15) is 10.6 Å². The predicted octanol–water partition coefficient (Wildman–Crippen LogP) is 0.336. The standard InChI is InChI=1S/C10H12FN3O3S/c1-6(11)17-7-3-2-4-8-9(7)10(13-5-12)14-18(8,15)16/h2-4,6H,5,12H2,1H3,(H,13,14). The summed E-state index contributed by atoms with van der Waals surface area (Å²) in [6.07, 6.45) is -1.56. The summed E-state index contributed by atoms with van der Waals surface area (Å²) >= 11 is 0. The van der Waals surface area contributed by atoms with Crippen LogP contribution in [0.2, 0.25) is 0 Å². The Morgan fingerprint density at radius 2 is 2.28 bits per heavy atom. The highest BCUT2D eigenvalue weighted by Gasteiger charge is 2.32. The second kappa shape index (κ2) is 4.54. The number of amidine groups is 1. The second-order valence-electron chi connectivity index (χ2n) is 3.59. The summed E-state index contributed by atoms with van der Waals surface area (Å²) in [5.74, 6) is 0.187. The molecule has 98 valence electrons. The maximum absolute atomic E-state index is 12.9. The minimum absolute atomic E-state index is 0.00725. The fourth-order valence-corrected chi connectivity index (χ4v) is 2.87. The summed E-state index contributed by atoms with van der Waals surface area (Å²) in [7, 11) is -3.77. The number of hydrogen-bond acceptors (Lipinski definition) is 5. The fourth-order valence-electron chi connectivity index (χ4n) is 1.66. The lowest BCUT2D eigenvalue weighted by Gasteiger charge is -2.12. The van der Waals surface area contributed by atoms with E-state index in [9.17, 15) is 12.8 Å². The van der Waals surface area contributed by atoms with Gasteiger partial charge in [-0.25, -0.2) is 4.39 Å². The second-order valence-corrected chi connectivity index (χ2v) is 5.16. The fraction of sp³-hybridized carbons (Fsp3) is 0.300. The summed E-state index contributed by atoms with van der Waals surface area (Å²) < 4.78 is 44.9. The minimum Gasteiger partial charge on any atom is -0.460 e. The van der Waals surface area contributed by atoms with Gasteiger partial charge >= 0.3 is 0 Å². The highest BCUT2D eigenvalue weighted by molar-refractivity contribution is 7.90. The van der Waals surface area contributed by atoms with Crippen LogP contribution >= 0.6 is 0 Å². The average Bonchev–Trinajstić information content (AvgIpc) is 2.52. The van der Waals surface area contributed by atoms with Gasteiger partial charge in [-0.2, -0.15) is 8.42 Å². The Labute approximate surface area is 104 Å². The van der Waals surface area contributed by atoms with E-state index >= 15 is 0 Å². The first-order valence-corrected chi connectivity index (χ1v) is 6.62. The van der Waals surface area contributed by atoms with Crippen LogP contribution in [0.25, 0.3) is 0 Å². The molecule has 0 fully saturated rings. The molecule has 0 amide bonds. The first kappa shape index (κ1) is 12.8. The van der Waals surface area contributed by atoms with Gasteiger partial charge in [-0.1, -0.05) is 6.07 Å². The molecule has 3 N–H and O–H groups in total. The third-order valence-corrected chi connectivity index (χ3v) is 3.59. The Hall–Kier alpha value is -1.67. The molecule has 0 radical (unpaired) electrons. The average molecular weight is 273 g/mol. The third kappa shape index (κ3) is 2.16.